The van der Waals surface area contributed by atoms with E-state index in [2.05, 4.69) is 16.0 Å². The standard InChI is InChI=1S/C19H26N2O2/c22-17-6-5-14-12-21(13-15(14)10-17)18(23)19(7-1-2-8-19)16-4-3-9-20-11-16/h3-4,9,11,14-15,17,22H,1-2,5-8,10,12-13H2. The summed E-state index contributed by atoms with van der Waals surface area (Å²) in [6, 6.07) is 4.02. The molecule has 0 spiro atoms. The first-order valence-corrected chi connectivity index (χ1v) is 9.07. The number of amides is 1. The molecule has 4 rings (SSSR count). The molecule has 3 aliphatic rings. The number of carbonyl (C=O) groups is 1. The Morgan fingerprint density at radius 3 is 2.74 bits per heavy atom. The van der Waals surface area contributed by atoms with Crippen LogP contribution in [-0.4, -0.2) is 40.1 Å². The first kappa shape index (κ1) is 15.1. The van der Waals surface area contributed by atoms with Crippen LogP contribution in [0, 0.1) is 11.8 Å². The molecule has 1 aromatic heterocycles. The van der Waals surface area contributed by atoms with Gasteiger partial charge in [-0.05, 0) is 55.6 Å². The van der Waals surface area contributed by atoms with Gasteiger partial charge < -0.3 is 10.0 Å². The smallest absolute Gasteiger partial charge is 0.233 e. The highest BCUT2D eigenvalue weighted by atomic mass is 16.3. The molecule has 1 amide bonds. The van der Waals surface area contributed by atoms with E-state index in [0.717, 1.165) is 63.6 Å². The lowest BCUT2D eigenvalue weighted by molar-refractivity contribution is -0.136. The summed E-state index contributed by atoms with van der Waals surface area (Å²) in [4.78, 5) is 19.8. The maximum absolute atomic E-state index is 13.4. The van der Waals surface area contributed by atoms with Gasteiger partial charge in [0.15, 0.2) is 0 Å². The molecule has 1 aromatic rings. The Bertz CT molecular complexity index is 568. The molecular weight excluding hydrogens is 288 g/mol. The number of likely N-dealkylation sites (tertiary alicyclic amines) is 1. The van der Waals surface area contributed by atoms with Crippen molar-refractivity contribution in [3.8, 4) is 0 Å². The van der Waals surface area contributed by atoms with Crippen molar-refractivity contribution in [1.82, 2.24) is 9.88 Å². The number of hydrogen-bond donors (Lipinski definition) is 1. The predicted molar refractivity (Wildman–Crippen MR) is 87.8 cm³/mol. The zero-order valence-electron chi connectivity index (χ0n) is 13.7. The number of carbonyl (C=O) groups excluding carboxylic acids is 1. The highest BCUT2D eigenvalue weighted by Gasteiger charge is 2.48. The normalized spacial score (nSPS) is 32.7. The van der Waals surface area contributed by atoms with Gasteiger partial charge in [0, 0.05) is 25.5 Å². The van der Waals surface area contributed by atoms with Crippen molar-refractivity contribution in [1.29, 1.82) is 0 Å². The minimum absolute atomic E-state index is 0.162. The molecule has 3 atom stereocenters. The Morgan fingerprint density at radius 2 is 2.00 bits per heavy atom. The minimum Gasteiger partial charge on any atom is -0.393 e. The number of aliphatic hydroxyl groups excluding tert-OH is 1. The number of fused-ring (bicyclic) bond motifs is 1. The lowest BCUT2D eigenvalue weighted by Crippen LogP contribution is -2.44. The molecule has 23 heavy (non-hydrogen) atoms. The zero-order chi connectivity index (χ0) is 15.9. The lowest BCUT2D eigenvalue weighted by Gasteiger charge is -2.32. The third-order valence-corrected chi connectivity index (χ3v) is 6.39. The lowest BCUT2D eigenvalue weighted by atomic mass is 9.78. The van der Waals surface area contributed by atoms with E-state index in [-0.39, 0.29) is 11.5 Å². The molecular formula is C19H26N2O2. The molecule has 3 unspecified atom stereocenters. The topological polar surface area (TPSA) is 53.4 Å². The number of aliphatic hydroxyl groups is 1. The molecule has 4 nitrogen and oxygen atoms in total. The van der Waals surface area contributed by atoms with E-state index in [9.17, 15) is 9.90 Å². The Hall–Kier alpha value is -1.42. The van der Waals surface area contributed by atoms with Gasteiger partial charge in [-0.25, -0.2) is 0 Å². The fourth-order valence-electron chi connectivity index (χ4n) is 5.13. The molecule has 2 saturated carbocycles. The summed E-state index contributed by atoms with van der Waals surface area (Å²) >= 11 is 0. The Morgan fingerprint density at radius 1 is 1.22 bits per heavy atom. The van der Waals surface area contributed by atoms with Crippen molar-refractivity contribution < 1.29 is 9.90 Å². The Balaban J connectivity index is 1.57. The van der Waals surface area contributed by atoms with Crippen LogP contribution >= 0.6 is 0 Å². The largest absolute Gasteiger partial charge is 0.393 e. The van der Waals surface area contributed by atoms with Crippen molar-refractivity contribution in [3.63, 3.8) is 0 Å². The molecule has 1 aliphatic heterocycles. The number of aromatic nitrogens is 1. The Labute approximate surface area is 137 Å². The van der Waals surface area contributed by atoms with Crippen LogP contribution in [0.15, 0.2) is 24.5 Å². The van der Waals surface area contributed by atoms with Crippen LogP contribution in [-0.2, 0) is 10.2 Å². The van der Waals surface area contributed by atoms with Crippen molar-refractivity contribution in [2.75, 3.05) is 13.1 Å². The maximum atomic E-state index is 13.4. The fraction of sp³-hybridized carbons (Fsp3) is 0.684. The van der Waals surface area contributed by atoms with Crippen molar-refractivity contribution in [3.05, 3.63) is 30.1 Å². The Kier molecular flexibility index (Phi) is 3.88. The van der Waals surface area contributed by atoms with E-state index in [0.29, 0.717) is 17.7 Å². The fourth-order valence-corrected chi connectivity index (χ4v) is 5.13. The van der Waals surface area contributed by atoms with Crippen molar-refractivity contribution >= 4 is 5.91 Å². The van der Waals surface area contributed by atoms with Gasteiger partial charge in [0.2, 0.25) is 5.91 Å². The summed E-state index contributed by atoms with van der Waals surface area (Å²) in [6.45, 7) is 1.72. The summed E-state index contributed by atoms with van der Waals surface area (Å²) in [7, 11) is 0. The second-order valence-electron chi connectivity index (χ2n) is 7.73. The van der Waals surface area contributed by atoms with Gasteiger partial charge in [0.1, 0.15) is 0 Å². The van der Waals surface area contributed by atoms with E-state index in [4.69, 9.17) is 0 Å². The van der Waals surface area contributed by atoms with Gasteiger partial charge >= 0.3 is 0 Å². The predicted octanol–water partition coefficient (Wildman–Crippen LogP) is 2.51. The first-order chi connectivity index (χ1) is 11.2. The minimum atomic E-state index is -0.347. The van der Waals surface area contributed by atoms with Crippen LogP contribution in [0.1, 0.15) is 50.5 Å². The highest BCUT2D eigenvalue weighted by Crippen LogP contribution is 2.45. The molecule has 0 radical (unpaired) electrons. The zero-order valence-corrected chi connectivity index (χ0v) is 13.7. The van der Waals surface area contributed by atoms with Crippen LogP contribution < -0.4 is 0 Å². The second-order valence-corrected chi connectivity index (χ2v) is 7.73. The van der Waals surface area contributed by atoms with Crippen LogP contribution in [0.5, 0.6) is 0 Å². The number of nitrogens with zero attached hydrogens (tertiary/aromatic N) is 2. The summed E-state index contributed by atoms with van der Waals surface area (Å²) < 4.78 is 0. The van der Waals surface area contributed by atoms with E-state index in [1.54, 1.807) is 6.20 Å². The number of hydrogen-bond acceptors (Lipinski definition) is 3. The van der Waals surface area contributed by atoms with E-state index < -0.39 is 0 Å². The molecule has 3 fully saturated rings. The van der Waals surface area contributed by atoms with Crippen LogP contribution in [0.2, 0.25) is 0 Å². The number of rotatable bonds is 2. The van der Waals surface area contributed by atoms with Gasteiger partial charge in [-0.1, -0.05) is 18.9 Å². The number of pyridine rings is 1. The maximum Gasteiger partial charge on any atom is 0.233 e. The van der Waals surface area contributed by atoms with Gasteiger partial charge in [0.05, 0.1) is 11.5 Å². The molecule has 2 heterocycles. The molecule has 1 N–H and O–H groups in total. The monoisotopic (exact) mass is 314 g/mol. The second kappa shape index (κ2) is 5.90. The van der Waals surface area contributed by atoms with E-state index >= 15 is 0 Å². The molecule has 124 valence electrons. The summed E-state index contributed by atoms with van der Waals surface area (Å²) in [5.41, 5.74) is 0.748. The molecule has 1 saturated heterocycles. The highest BCUT2D eigenvalue weighted by molar-refractivity contribution is 5.88. The summed E-state index contributed by atoms with van der Waals surface area (Å²) in [5.74, 6) is 1.40. The third kappa shape index (κ3) is 2.57. The van der Waals surface area contributed by atoms with Gasteiger partial charge in [0.25, 0.3) is 0 Å². The molecule has 4 heteroatoms. The van der Waals surface area contributed by atoms with E-state index in [1.807, 2.05) is 12.3 Å². The average molecular weight is 314 g/mol. The SMILES string of the molecule is O=C(N1CC2CCC(O)CC2C1)C1(c2cccnc2)CCCC1. The van der Waals surface area contributed by atoms with Gasteiger partial charge in [-0.15, -0.1) is 0 Å². The van der Waals surface area contributed by atoms with Gasteiger partial charge in [-0.3, -0.25) is 9.78 Å². The first-order valence-electron chi connectivity index (χ1n) is 9.07. The van der Waals surface area contributed by atoms with Crippen LogP contribution in [0.4, 0.5) is 0 Å². The van der Waals surface area contributed by atoms with Crippen molar-refractivity contribution in [2.24, 2.45) is 11.8 Å². The molecule has 2 aliphatic carbocycles. The average Bonchev–Trinajstić information content (AvgIpc) is 3.22. The summed E-state index contributed by atoms with van der Waals surface area (Å²) in [6.07, 6.45) is 10.5. The van der Waals surface area contributed by atoms with E-state index in [1.165, 1.54) is 0 Å². The van der Waals surface area contributed by atoms with Crippen LogP contribution in [0.3, 0.4) is 0 Å². The summed E-state index contributed by atoms with van der Waals surface area (Å²) in [5, 5.41) is 9.91. The molecule has 0 bridgehead atoms. The quantitative estimate of drug-likeness (QED) is 0.912. The van der Waals surface area contributed by atoms with Crippen LogP contribution in [0.25, 0.3) is 0 Å². The molecule has 0 aromatic carbocycles. The van der Waals surface area contributed by atoms with Crippen molar-refractivity contribution in [2.45, 2.75) is 56.5 Å². The van der Waals surface area contributed by atoms with Gasteiger partial charge in [-0.2, -0.15) is 0 Å². The third-order valence-electron chi connectivity index (χ3n) is 6.39.